The second-order valence-corrected chi connectivity index (χ2v) is 8.79. The zero-order valence-electron chi connectivity index (χ0n) is 17.0. The number of amides is 1. The van der Waals surface area contributed by atoms with Crippen LogP contribution in [-0.4, -0.2) is 37.9 Å². The van der Waals surface area contributed by atoms with Gasteiger partial charge in [0, 0.05) is 37.9 Å². The summed E-state index contributed by atoms with van der Waals surface area (Å²) in [7, 11) is 4.51. The van der Waals surface area contributed by atoms with Crippen LogP contribution < -0.4 is 16.6 Å². The quantitative estimate of drug-likeness (QED) is 0.442. The maximum Gasteiger partial charge on any atom is 0.332 e. The number of carbonyl (C=O) groups excluding carboxylic acids is 1. The molecule has 1 aromatic carbocycles. The van der Waals surface area contributed by atoms with Gasteiger partial charge in [-0.05, 0) is 12.1 Å². The molecule has 1 N–H and O–H groups in total. The molecule has 0 unspecified atom stereocenters. The van der Waals surface area contributed by atoms with Crippen molar-refractivity contribution in [3.63, 3.8) is 0 Å². The fourth-order valence-electron chi connectivity index (χ4n) is 3.18. The monoisotopic (exact) mass is 457 g/mol. The second kappa shape index (κ2) is 8.61. The first kappa shape index (κ1) is 21.2. The molecule has 0 aliphatic carbocycles. The number of aromatic nitrogens is 4. The summed E-state index contributed by atoms with van der Waals surface area (Å²) in [6.45, 7) is 0.219. The van der Waals surface area contributed by atoms with Crippen molar-refractivity contribution >= 4 is 55.4 Å². The first-order valence-corrected chi connectivity index (χ1v) is 11.1. The van der Waals surface area contributed by atoms with E-state index >= 15 is 0 Å². The number of para-hydroxylation sites is 1. The number of nitrogens with one attached hydrogen (secondary N) is 1. The number of carbonyl (C=O) groups is 1. The number of fused-ring (bicyclic) bond motifs is 2. The normalized spacial score (nSPS) is 11.3. The Morgan fingerprint density at radius 2 is 2.00 bits per heavy atom. The summed E-state index contributed by atoms with van der Waals surface area (Å²) < 4.78 is 8.57. The Labute approximate surface area is 184 Å². The molecule has 0 saturated carbocycles. The maximum absolute atomic E-state index is 12.9. The van der Waals surface area contributed by atoms with E-state index in [1.165, 1.54) is 41.8 Å². The van der Waals surface area contributed by atoms with Gasteiger partial charge in [0.15, 0.2) is 5.13 Å². The van der Waals surface area contributed by atoms with Gasteiger partial charge >= 0.3 is 5.69 Å². The number of ether oxygens (including phenoxy) is 1. The van der Waals surface area contributed by atoms with Gasteiger partial charge in [-0.3, -0.25) is 18.7 Å². The van der Waals surface area contributed by atoms with Gasteiger partial charge in [0.25, 0.3) is 5.56 Å². The summed E-state index contributed by atoms with van der Waals surface area (Å²) in [4.78, 5) is 47.0. The van der Waals surface area contributed by atoms with Crippen LogP contribution >= 0.6 is 23.1 Å². The summed E-state index contributed by atoms with van der Waals surface area (Å²) in [5, 5.41) is 3.61. The topological polar surface area (TPSA) is 108 Å². The molecule has 1 amide bonds. The van der Waals surface area contributed by atoms with E-state index < -0.39 is 11.2 Å². The summed E-state index contributed by atoms with van der Waals surface area (Å²) >= 11 is 2.60. The Kier molecular flexibility index (Phi) is 5.90. The summed E-state index contributed by atoms with van der Waals surface area (Å²) in [5.41, 5.74) is 0.833. The molecule has 3 aromatic heterocycles. The number of thioether (sulfide) groups is 1. The van der Waals surface area contributed by atoms with Crippen molar-refractivity contribution in [2.75, 3.05) is 18.2 Å². The highest BCUT2D eigenvalue weighted by atomic mass is 32.2. The molecule has 0 radical (unpaired) electrons. The number of benzene rings is 1. The molecule has 0 saturated heterocycles. The SMILES string of the molecule is COCc1cnc2c(c1SCC(=O)Nc1nc3ccccc3s1)c(=O)n(C)c(=O)n2C. The van der Waals surface area contributed by atoms with Crippen molar-refractivity contribution < 1.29 is 9.53 Å². The Bertz CT molecular complexity index is 1390. The Balaban J connectivity index is 1.66. The van der Waals surface area contributed by atoms with Crippen LogP contribution in [0.15, 0.2) is 44.9 Å². The minimum absolute atomic E-state index is 0.0533. The molecular weight excluding hydrogens is 438 g/mol. The molecule has 160 valence electrons. The summed E-state index contributed by atoms with van der Waals surface area (Å²) in [5.74, 6) is -0.198. The third-order valence-electron chi connectivity index (χ3n) is 4.68. The third-order valence-corrected chi connectivity index (χ3v) is 6.80. The summed E-state index contributed by atoms with van der Waals surface area (Å²) in [6.07, 6.45) is 1.57. The van der Waals surface area contributed by atoms with Crippen molar-refractivity contribution in [3.8, 4) is 0 Å². The predicted molar refractivity (Wildman–Crippen MR) is 122 cm³/mol. The van der Waals surface area contributed by atoms with E-state index in [0.29, 0.717) is 15.6 Å². The highest BCUT2D eigenvalue weighted by molar-refractivity contribution is 8.00. The van der Waals surface area contributed by atoms with Gasteiger partial charge < -0.3 is 10.1 Å². The predicted octanol–water partition coefficient (Wildman–Crippen LogP) is 2.12. The average Bonchev–Trinajstić information content (AvgIpc) is 3.17. The highest BCUT2D eigenvalue weighted by Crippen LogP contribution is 2.29. The number of hydrogen-bond donors (Lipinski definition) is 1. The van der Waals surface area contributed by atoms with Gasteiger partial charge in [0.05, 0.1) is 28.0 Å². The molecule has 3 heterocycles. The van der Waals surface area contributed by atoms with E-state index in [9.17, 15) is 14.4 Å². The largest absolute Gasteiger partial charge is 0.380 e. The highest BCUT2D eigenvalue weighted by Gasteiger charge is 2.19. The van der Waals surface area contributed by atoms with Crippen LogP contribution in [0.3, 0.4) is 0 Å². The van der Waals surface area contributed by atoms with Crippen molar-refractivity contribution in [2.45, 2.75) is 11.5 Å². The zero-order chi connectivity index (χ0) is 22.1. The molecule has 0 atom stereocenters. The molecular formula is C20H19N5O4S2. The lowest BCUT2D eigenvalue weighted by Crippen LogP contribution is -2.37. The van der Waals surface area contributed by atoms with Crippen molar-refractivity contribution in [1.82, 2.24) is 19.1 Å². The van der Waals surface area contributed by atoms with Crippen molar-refractivity contribution in [2.24, 2.45) is 14.1 Å². The standard InChI is InChI=1S/C20H19N5O4S2/c1-24-17-15(18(27)25(2)20(24)28)16(11(8-21-17)9-29-3)30-10-14(26)23-19-22-12-6-4-5-7-13(12)31-19/h4-8H,9-10H2,1-3H3,(H,22,23,26). The molecule has 9 nitrogen and oxygen atoms in total. The molecule has 0 bridgehead atoms. The lowest BCUT2D eigenvalue weighted by Gasteiger charge is -2.13. The Morgan fingerprint density at radius 1 is 1.23 bits per heavy atom. The lowest BCUT2D eigenvalue weighted by molar-refractivity contribution is -0.113. The van der Waals surface area contributed by atoms with E-state index in [0.717, 1.165) is 14.8 Å². The fourth-order valence-corrected chi connectivity index (χ4v) is 5.03. The first-order chi connectivity index (χ1) is 14.9. The van der Waals surface area contributed by atoms with Crippen LogP contribution in [-0.2, 0) is 30.2 Å². The molecule has 0 fully saturated rings. The number of thiazole rings is 1. The van der Waals surface area contributed by atoms with E-state index in [-0.39, 0.29) is 29.3 Å². The maximum atomic E-state index is 12.9. The molecule has 0 aliphatic heterocycles. The van der Waals surface area contributed by atoms with Gasteiger partial charge in [-0.15, -0.1) is 11.8 Å². The number of rotatable bonds is 6. The Morgan fingerprint density at radius 3 is 2.74 bits per heavy atom. The fraction of sp³-hybridized carbons (Fsp3) is 0.250. The summed E-state index contributed by atoms with van der Waals surface area (Å²) in [6, 6.07) is 7.64. The van der Waals surface area contributed by atoms with Crippen LogP contribution in [0.5, 0.6) is 0 Å². The van der Waals surface area contributed by atoms with Crippen molar-refractivity contribution in [3.05, 3.63) is 56.9 Å². The molecule has 0 aliphatic rings. The van der Waals surface area contributed by atoms with Crippen LogP contribution in [0.4, 0.5) is 5.13 Å². The van der Waals surface area contributed by atoms with E-state index in [2.05, 4.69) is 15.3 Å². The Hall–Kier alpha value is -3.02. The minimum atomic E-state index is -0.464. The molecule has 31 heavy (non-hydrogen) atoms. The smallest absolute Gasteiger partial charge is 0.332 e. The molecule has 11 heteroatoms. The van der Waals surface area contributed by atoms with Gasteiger partial charge in [-0.25, -0.2) is 14.8 Å². The van der Waals surface area contributed by atoms with E-state index in [4.69, 9.17) is 4.74 Å². The van der Waals surface area contributed by atoms with Gasteiger partial charge in [0.2, 0.25) is 5.91 Å². The average molecular weight is 458 g/mol. The van der Waals surface area contributed by atoms with Gasteiger partial charge in [-0.2, -0.15) is 0 Å². The van der Waals surface area contributed by atoms with Crippen LogP contribution in [0, 0.1) is 0 Å². The number of anilines is 1. The number of methoxy groups -OCH3 is 1. The number of pyridine rings is 1. The van der Waals surface area contributed by atoms with E-state index in [1.54, 1.807) is 13.2 Å². The second-order valence-electron chi connectivity index (χ2n) is 6.77. The number of hydrogen-bond acceptors (Lipinski definition) is 8. The molecule has 4 rings (SSSR count). The van der Waals surface area contributed by atoms with Crippen molar-refractivity contribution in [1.29, 1.82) is 0 Å². The lowest BCUT2D eigenvalue weighted by atomic mass is 10.2. The zero-order valence-corrected chi connectivity index (χ0v) is 18.7. The number of nitrogens with zero attached hydrogens (tertiary/aromatic N) is 4. The van der Waals surface area contributed by atoms with E-state index in [1.807, 2.05) is 24.3 Å². The van der Waals surface area contributed by atoms with Crippen LogP contribution in [0.25, 0.3) is 21.3 Å². The molecule has 4 aromatic rings. The molecule has 0 spiro atoms. The first-order valence-electron chi connectivity index (χ1n) is 9.25. The van der Waals surface area contributed by atoms with Gasteiger partial charge in [0.1, 0.15) is 5.65 Å². The minimum Gasteiger partial charge on any atom is -0.380 e. The number of aryl methyl sites for hydroxylation is 1. The third kappa shape index (κ3) is 3.99. The van der Waals surface area contributed by atoms with Gasteiger partial charge in [-0.1, -0.05) is 23.5 Å². The van der Waals surface area contributed by atoms with Crippen LogP contribution in [0.2, 0.25) is 0 Å². The van der Waals surface area contributed by atoms with Crippen LogP contribution in [0.1, 0.15) is 5.56 Å².